The van der Waals surface area contributed by atoms with Crippen LogP contribution in [0.3, 0.4) is 0 Å². The fourth-order valence-electron chi connectivity index (χ4n) is 4.31. The van der Waals surface area contributed by atoms with Gasteiger partial charge in [-0.2, -0.15) is 0 Å². The van der Waals surface area contributed by atoms with Crippen molar-refractivity contribution in [2.75, 3.05) is 7.11 Å². The van der Waals surface area contributed by atoms with Crippen molar-refractivity contribution in [2.45, 2.75) is 13.1 Å². The second-order valence-electron chi connectivity index (χ2n) is 8.48. The van der Waals surface area contributed by atoms with E-state index in [-0.39, 0.29) is 0 Å². The molecule has 0 spiro atoms. The molecule has 0 fully saturated rings. The van der Waals surface area contributed by atoms with Crippen LogP contribution in [0, 0.1) is 6.92 Å². The molecule has 0 saturated heterocycles. The second kappa shape index (κ2) is 9.29. The summed E-state index contributed by atoms with van der Waals surface area (Å²) in [7, 11) is -1.32. The molecule has 0 N–H and O–H groups in total. The Morgan fingerprint density at radius 3 is 1.97 bits per heavy atom. The molecule has 168 valence electrons. The van der Waals surface area contributed by atoms with Crippen LogP contribution < -0.4 is 15.3 Å². The minimum atomic E-state index is -2.98. The Hall–Kier alpha value is -3.68. The predicted octanol–water partition coefficient (Wildman–Crippen LogP) is 6.73. The van der Waals surface area contributed by atoms with E-state index < -0.39 is 7.14 Å². The highest BCUT2D eigenvalue weighted by Gasteiger charge is 2.29. The number of methoxy groups -OCH3 is 1. The highest BCUT2D eigenvalue weighted by atomic mass is 31.2. The number of fused-ring (bicyclic) bond motifs is 1. The zero-order chi connectivity index (χ0) is 23.5. The maximum atomic E-state index is 14.8. The number of hydrogen-bond acceptors (Lipinski definition) is 3. The van der Waals surface area contributed by atoms with Crippen LogP contribution in [-0.2, 0) is 10.7 Å². The molecule has 0 radical (unpaired) electrons. The normalized spacial score (nSPS) is 11.5. The van der Waals surface area contributed by atoms with Gasteiger partial charge >= 0.3 is 0 Å². The lowest BCUT2D eigenvalue weighted by atomic mass is 10.0. The minimum Gasteiger partial charge on any atom is -0.497 e. The second-order valence-corrected chi connectivity index (χ2v) is 11.3. The molecule has 0 unspecified atom stereocenters. The van der Waals surface area contributed by atoms with Crippen molar-refractivity contribution < 1.29 is 9.30 Å². The molecule has 1 heterocycles. The molecule has 34 heavy (non-hydrogen) atoms. The Morgan fingerprint density at radius 2 is 1.38 bits per heavy atom. The first-order chi connectivity index (χ1) is 16.6. The first-order valence-electron chi connectivity index (χ1n) is 11.3. The molecule has 5 aromatic rings. The van der Waals surface area contributed by atoms with Gasteiger partial charge in [0.05, 0.1) is 24.5 Å². The molecule has 4 aromatic carbocycles. The van der Waals surface area contributed by atoms with Crippen LogP contribution in [-0.4, -0.2) is 12.1 Å². The van der Waals surface area contributed by atoms with Crippen molar-refractivity contribution in [3.63, 3.8) is 0 Å². The molecule has 0 aliphatic heterocycles. The first-order valence-corrected chi connectivity index (χ1v) is 13.2. The van der Waals surface area contributed by atoms with Gasteiger partial charge in [0.15, 0.2) is 0 Å². The predicted molar refractivity (Wildman–Crippen MR) is 142 cm³/mol. The van der Waals surface area contributed by atoms with Crippen LogP contribution in [0.1, 0.15) is 11.3 Å². The van der Waals surface area contributed by atoms with Crippen molar-refractivity contribution in [2.24, 2.45) is 0 Å². The van der Waals surface area contributed by atoms with Crippen LogP contribution >= 0.6 is 7.14 Å². The van der Waals surface area contributed by atoms with Gasteiger partial charge < -0.3 is 9.30 Å². The maximum absolute atomic E-state index is 14.8. The molecule has 0 aliphatic carbocycles. The van der Waals surface area contributed by atoms with Crippen LogP contribution in [0.2, 0.25) is 0 Å². The number of pyridine rings is 1. The van der Waals surface area contributed by atoms with Crippen molar-refractivity contribution in [3.05, 3.63) is 120 Å². The summed E-state index contributed by atoms with van der Waals surface area (Å²) in [6.07, 6.45) is 0.339. The van der Waals surface area contributed by atoms with Crippen LogP contribution in [0.5, 0.6) is 5.75 Å². The summed E-state index contributed by atoms with van der Waals surface area (Å²) in [5, 5.41) is 2.67. The molecular formula is C30H26NO2P. The average Bonchev–Trinajstić information content (AvgIpc) is 2.89. The zero-order valence-electron chi connectivity index (χ0n) is 19.3. The van der Waals surface area contributed by atoms with Gasteiger partial charge in [0.2, 0.25) is 0 Å². The summed E-state index contributed by atoms with van der Waals surface area (Å²) in [4.78, 5) is 5.06. The van der Waals surface area contributed by atoms with E-state index in [0.29, 0.717) is 6.16 Å². The van der Waals surface area contributed by atoms with E-state index in [1.165, 1.54) is 5.56 Å². The Morgan fingerprint density at radius 1 is 0.765 bits per heavy atom. The molecule has 0 amide bonds. The lowest BCUT2D eigenvalue weighted by molar-refractivity contribution is 0.415. The van der Waals surface area contributed by atoms with E-state index in [9.17, 15) is 4.57 Å². The maximum Gasteiger partial charge on any atom is 0.149 e. The van der Waals surface area contributed by atoms with Crippen molar-refractivity contribution in [1.29, 1.82) is 0 Å². The van der Waals surface area contributed by atoms with Gasteiger partial charge in [0.25, 0.3) is 0 Å². The Bertz CT molecular complexity index is 1440. The van der Waals surface area contributed by atoms with E-state index in [2.05, 4.69) is 37.3 Å². The molecule has 0 aliphatic rings. The average molecular weight is 464 g/mol. The molecule has 0 atom stereocenters. The van der Waals surface area contributed by atoms with Crippen molar-refractivity contribution in [3.8, 4) is 16.9 Å². The zero-order valence-corrected chi connectivity index (χ0v) is 20.2. The number of nitrogens with zero attached hydrogens (tertiary/aromatic N) is 1. The standard InChI is InChI=1S/C30H26NO2P/c1-22-13-15-23(16-14-22)28-20-24-19-25(33-2)17-18-29(24)31-30(28)21-34(32,26-9-5-3-6-10-26)27-11-7-4-8-12-27/h3-20H,21H2,1-2H3. The summed E-state index contributed by atoms with van der Waals surface area (Å²) >= 11 is 0. The summed E-state index contributed by atoms with van der Waals surface area (Å²) in [6.45, 7) is 2.08. The SMILES string of the molecule is COc1ccc2nc(CP(=O)(c3ccccc3)c3ccccc3)c(-c3ccc(C)cc3)cc2c1. The molecule has 4 heteroatoms. The van der Waals surface area contributed by atoms with Gasteiger partial charge in [-0.3, -0.25) is 4.98 Å². The fourth-order valence-corrected chi connectivity index (χ4v) is 6.94. The topological polar surface area (TPSA) is 39.2 Å². The van der Waals surface area contributed by atoms with Crippen LogP contribution in [0.25, 0.3) is 22.0 Å². The number of aromatic nitrogens is 1. The smallest absolute Gasteiger partial charge is 0.149 e. The van der Waals surface area contributed by atoms with E-state index in [1.54, 1.807) is 7.11 Å². The van der Waals surface area contributed by atoms with Crippen LogP contribution in [0.15, 0.2) is 109 Å². The molecule has 1 aromatic heterocycles. The molecular weight excluding hydrogens is 437 g/mol. The molecule has 5 rings (SSSR count). The van der Waals surface area contributed by atoms with E-state index in [1.807, 2.05) is 78.9 Å². The van der Waals surface area contributed by atoms with E-state index in [0.717, 1.165) is 44.1 Å². The highest BCUT2D eigenvalue weighted by Crippen LogP contribution is 2.48. The number of ether oxygens (including phenoxy) is 1. The third kappa shape index (κ3) is 4.27. The van der Waals surface area contributed by atoms with Gasteiger partial charge in [0.1, 0.15) is 12.9 Å². The van der Waals surface area contributed by atoms with Crippen LogP contribution in [0.4, 0.5) is 0 Å². The quantitative estimate of drug-likeness (QED) is 0.262. The van der Waals surface area contributed by atoms with Gasteiger partial charge in [-0.1, -0.05) is 90.5 Å². The lowest BCUT2D eigenvalue weighted by Crippen LogP contribution is -2.18. The number of rotatable bonds is 6. The largest absolute Gasteiger partial charge is 0.497 e. The minimum absolute atomic E-state index is 0.339. The first kappa shape index (κ1) is 22.1. The Balaban J connectivity index is 1.73. The van der Waals surface area contributed by atoms with E-state index in [4.69, 9.17) is 9.72 Å². The monoisotopic (exact) mass is 463 g/mol. The van der Waals surface area contributed by atoms with E-state index >= 15 is 0 Å². The fraction of sp³-hybridized carbons (Fsp3) is 0.100. The summed E-state index contributed by atoms with van der Waals surface area (Å²) in [6, 6.07) is 36.0. The molecule has 0 saturated carbocycles. The third-order valence-electron chi connectivity index (χ3n) is 6.18. The number of benzene rings is 4. The number of aryl methyl sites for hydroxylation is 1. The van der Waals surface area contributed by atoms with Gasteiger partial charge in [-0.15, -0.1) is 0 Å². The van der Waals surface area contributed by atoms with Crippen molar-refractivity contribution >= 4 is 28.7 Å². The van der Waals surface area contributed by atoms with Gasteiger partial charge in [0, 0.05) is 21.6 Å². The third-order valence-corrected chi connectivity index (χ3v) is 9.19. The summed E-state index contributed by atoms with van der Waals surface area (Å²) < 4.78 is 20.2. The lowest BCUT2D eigenvalue weighted by Gasteiger charge is -2.21. The van der Waals surface area contributed by atoms with Crippen molar-refractivity contribution in [1.82, 2.24) is 4.98 Å². The highest BCUT2D eigenvalue weighted by molar-refractivity contribution is 7.78. The molecule has 3 nitrogen and oxygen atoms in total. The van der Waals surface area contributed by atoms with Gasteiger partial charge in [-0.05, 0) is 36.8 Å². The summed E-state index contributed by atoms with van der Waals surface area (Å²) in [5.74, 6) is 0.788. The Kier molecular flexibility index (Phi) is 6.04. The number of hydrogen-bond donors (Lipinski definition) is 0. The molecule has 0 bridgehead atoms. The summed E-state index contributed by atoms with van der Waals surface area (Å²) in [5.41, 5.74) is 4.94. The van der Waals surface area contributed by atoms with Gasteiger partial charge in [-0.25, -0.2) is 0 Å². The Labute approximate surface area is 200 Å².